The Labute approximate surface area is 114 Å². The fourth-order valence-electron chi connectivity index (χ4n) is 2.40. The molecule has 2 heterocycles. The van der Waals surface area contributed by atoms with Crippen LogP contribution in [0.3, 0.4) is 0 Å². The summed E-state index contributed by atoms with van der Waals surface area (Å²) in [5.74, 6) is 0. The molecule has 0 bridgehead atoms. The molecule has 0 radical (unpaired) electrons. The number of nitrogens with zero attached hydrogens (tertiary/aromatic N) is 1. The minimum absolute atomic E-state index is 0.494. The van der Waals surface area contributed by atoms with E-state index in [-0.39, 0.29) is 0 Å². The number of hydrogen-bond donors (Lipinski definition) is 1. The van der Waals surface area contributed by atoms with Crippen LogP contribution in [0.2, 0.25) is 0 Å². The maximum absolute atomic E-state index is 5.38. The maximum Gasteiger partial charge on any atom is 0.0595 e. The van der Waals surface area contributed by atoms with Crippen LogP contribution in [-0.4, -0.2) is 50.8 Å². The number of likely N-dealkylation sites (tertiary alicyclic amines) is 1. The molecule has 4 heteroatoms. The first-order valence-corrected chi connectivity index (χ1v) is 7.74. The van der Waals surface area contributed by atoms with Crippen LogP contribution in [0.15, 0.2) is 17.5 Å². The summed E-state index contributed by atoms with van der Waals surface area (Å²) in [6.45, 7) is 5.73. The molecule has 1 aromatic heterocycles. The van der Waals surface area contributed by atoms with Crippen molar-refractivity contribution in [3.05, 3.63) is 22.4 Å². The Kier molecular flexibility index (Phi) is 6.14. The maximum atomic E-state index is 5.38. The molecule has 0 unspecified atom stereocenters. The molecule has 1 saturated heterocycles. The SMILES string of the molecule is COC1CCN(CCNCCc2cccs2)CC1. The van der Waals surface area contributed by atoms with Crippen LogP contribution in [0.4, 0.5) is 0 Å². The van der Waals surface area contributed by atoms with Crippen LogP contribution in [0.1, 0.15) is 17.7 Å². The molecule has 3 nitrogen and oxygen atoms in total. The summed E-state index contributed by atoms with van der Waals surface area (Å²) in [6.07, 6.45) is 4.02. The van der Waals surface area contributed by atoms with E-state index < -0.39 is 0 Å². The van der Waals surface area contributed by atoms with E-state index in [1.54, 1.807) is 0 Å². The fraction of sp³-hybridized carbons (Fsp3) is 0.714. The number of methoxy groups -OCH3 is 1. The van der Waals surface area contributed by atoms with Crippen molar-refractivity contribution in [2.75, 3.05) is 39.8 Å². The van der Waals surface area contributed by atoms with Crippen LogP contribution in [0.25, 0.3) is 0 Å². The van der Waals surface area contributed by atoms with Gasteiger partial charge in [-0.05, 0) is 30.7 Å². The van der Waals surface area contributed by atoms with Gasteiger partial charge in [-0.2, -0.15) is 0 Å². The summed E-state index contributed by atoms with van der Waals surface area (Å²) in [5, 5.41) is 5.68. The van der Waals surface area contributed by atoms with Crippen LogP contribution < -0.4 is 5.32 Å². The molecule has 1 aliphatic heterocycles. The lowest BCUT2D eigenvalue weighted by molar-refractivity contribution is 0.0415. The summed E-state index contributed by atoms with van der Waals surface area (Å²) in [6, 6.07) is 4.34. The second-order valence-electron chi connectivity index (χ2n) is 4.86. The van der Waals surface area contributed by atoms with E-state index >= 15 is 0 Å². The lowest BCUT2D eigenvalue weighted by Crippen LogP contribution is -2.40. The van der Waals surface area contributed by atoms with Crippen molar-refractivity contribution in [2.45, 2.75) is 25.4 Å². The van der Waals surface area contributed by atoms with Gasteiger partial charge in [0, 0.05) is 44.7 Å². The second kappa shape index (κ2) is 7.89. The lowest BCUT2D eigenvalue weighted by atomic mass is 10.1. The first kappa shape index (κ1) is 14.0. The summed E-state index contributed by atoms with van der Waals surface area (Å²) >= 11 is 1.85. The molecule has 1 aromatic rings. The Morgan fingerprint density at radius 1 is 1.39 bits per heavy atom. The summed E-state index contributed by atoms with van der Waals surface area (Å²) in [4.78, 5) is 4.01. The van der Waals surface area contributed by atoms with Crippen LogP contribution in [-0.2, 0) is 11.2 Å². The van der Waals surface area contributed by atoms with Gasteiger partial charge in [0.1, 0.15) is 0 Å². The normalized spacial score (nSPS) is 18.3. The first-order valence-electron chi connectivity index (χ1n) is 6.86. The van der Waals surface area contributed by atoms with Crippen molar-refractivity contribution in [3.63, 3.8) is 0 Å². The van der Waals surface area contributed by atoms with Gasteiger partial charge in [0.15, 0.2) is 0 Å². The topological polar surface area (TPSA) is 24.5 Å². The molecular formula is C14H24N2OS. The Morgan fingerprint density at radius 2 is 2.22 bits per heavy atom. The minimum Gasteiger partial charge on any atom is -0.381 e. The Morgan fingerprint density at radius 3 is 2.89 bits per heavy atom. The van der Waals surface area contributed by atoms with E-state index in [0.717, 1.165) is 19.5 Å². The first-order chi connectivity index (χ1) is 8.88. The van der Waals surface area contributed by atoms with Crippen molar-refractivity contribution < 1.29 is 4.74 Å². The molecule has 2 rings (SSSR count). The summed E-state index contributed by atoms with van der Waals surface area (Å²) < 4.78 is 5.38. The van der Waals surface area contributed by atoms with Gasteiger partial charge < -0.3 is 15.0 Å². The lowest BCUT2D eigenvalue weighted by Gasteiger charge is -2.31. The van der Waals surface area contributed by atoms with Crippen LogP contribution >= 0.6 is 11.3 Å². The average molecular weight is 268 g/mol. The van der Waals surface area contributed by atoms with E-state index in [0.29, 0.717) is 6.10 Å². The monoisotopic (exact) mass is 268 g/mol. The zero-order valence-electron chi connectivity index (χ0n) is 11.2. The smallest absolute Gasteiger partial charge is 0.0595 e. The van der Waals surface area contributed by atoms with Crippen LogP contribution in [0, 0.1) is 0 Å². The second-order valence-corrected chi connectivity index (χ2v) is 5.89. The zero-order chi connectivity index (χ0) is 12.6. The molecule has 1 N–H and O–H groups in total. The third-order valence-electron chi connectivity index (χ3n) is 3.60. The molecule has 0 saturated carbocycles. The van der Waals surface area contributed by atoms with Crippen molar-refractivity contribution in [1.29, 1.82) is 0 Å². The average Bonchev–Trinajstić information content (AvgIpc) is 2.92. The highest BCUT2D eigenvalue weighted by Crippen LogP contribution is 2.12. The molecular weight excluding hydrogens is 244 g/mol. The Bertz CT molecular complexity index is 308. The van der Waals surface area contributed by atoms with Crippen molar-refractivity contribution in [3.8, 4) is 0 Å². The molecule has 1 fully saturated rings. The third-order valence-corrected chi connectivity index (χ3v) is 4.54. The van der Waals surface area contributed by atoms with E-state index in [1.165, 1.54) is 37.4 Å². The van der Waals surface area contributed by atoms with E-state index in [4.69, 9.17) is 4.74 Å². The van der Waals surface area contributed by atoms with Crippen molar-refractivity contribution in [2.24, 2.45) is 0 Å². The highest BCUT2D eigenvalue weighted by molar-refractivity contribution is 7.09. The number of piperidine rings is 1. The largest absolute Gasteiger partial charge is 0.381 e. The van der Waals surface area contributed by atoms with Gasteiger partial charge in [-0.1, -0.05) is 6.07 Å². The number of ether oxygens (including phenoxy) is 1. The van der Waals surface area contributed by atoms with E-state index in [1.807, 2.05) is 18.4 Å². The quantitative estimate of drug-likeness (QED) is 0.766. The van der Waals surface area contributed by atoms with Gasteiger partial charge in [-0.25, -0.2) is 0 Å². The van der Waals surface area contributed by atoms with Crippen molar-refractivity contribution in [1.82, 2.24) is 10.2 Å². The third kappa shape index (κ3) is 4.69. The van der Waals surface area contributed by atoms with Gasteiger partial charge in [0.2, 0.25) is 0 Å². The predicted molar refractivity (Wildman–Crippen MR) is 77.4 cm³/mol. The molecule has 0 aliphatic carbocycles. The predicted octanol–water partition coefficient (Wildman–Crippen LogP) is 1.99. The molecule has 0 spiro atoms. The molecule has 0 aromatic carbocycles. The minimum atomic E-state index is 0.494. The summed E-state index contributed by atoms with van der Waals surface area (Å²) in [7, 11) is 1.83. The molecule has 1 aliphatic rings. The Hall–Kier alpha value is -0.420. The number of nitrogens with one attached hydrogen (secondary N) is 1. The number of thiophene rings is 1. The number of hydrogen-bond acceptors (Lipinski definition) is 4. The van der Waals surface area contributed by atoms with Gasteiger partial charge in [0.05, 0.1) is 6.10 Å². The van der Waals surface area contributed by atoms with Crippen molar-refractivity contribution >= 4 is 11.3 Å². The van der Waals surface area contributed by atoms with Gasteiger partial charge in [-0.15, -0.1) is 11.3 Å². The van der Waals surface area contributed by atoms with Gasteiger partial charge in [-0.3, -0.25) is 0 Å². The molecule has 18 heavy (non-hydrogen) atoms. The molecule has 0 atom stereocenters. The fourth-order valence-corrected chi connectivity index (χ4v) is 3.11. The summed E-state index contributed by atoms with van der Waals surface area (Å²) in [5.41, 5.74) is 0. The van der Waals surface area contributed by atoms with Crippen LogP contribution in [0.5, 0.6) is 0 Å². The van der Waals surface area contributed by atoms with E-state index in [9.17, 15) is 0 Å². The highest BCUT2D eigenvalue weighted by atomic mass is 32.1. The molecule has 102 valence electrons. The number of rotatable bonds is 7. The van der Waals surface area contributed by atoms with Gasteiger partial charge >= 0.3 is 0 Å². The molecule has 0 amide bonds. The Balaban J connectivity index is 1.48. The van der Waals surface area contributed by atoms with E-state index in [2.05, 4.69) is 27.7 Å². The standard InChI is InChI=1S/C14H24N2OS/c1-17-13-5-9-16(10-6-13)11-8-15-7-4-14-3-2-12-18-14/h2-3,12-13,15H,4-11H2,1H3. The van der Waals surface area contributed by atoms with Gasteiger partial charge in [0.25, 0.3) is 0 Å². The highest BCUT2D eigenvalue weighted by Gasteiger charge is 2.17. The zero-order valence-corrected chi connectivity index (χ0v) is 12.0.